The van der Waals surface area contributed by atoms with Crippen LogP contribution in [0.5, 0.6) is 0 Å². The monoisotopic (exact) mass is 410 g/mol. The van der Waals surface area contributed by atoms with Gasteiger partial charge >= 0.3 is 0 Å². The smallest absolute Gasteiger partial charge is 0.254 e. The van der Waals surface area contributed by atoms with Crippen LogP contribution in [0.4, 0.5) is 0 Å². The first-order chi connectivity index (χ1) is 14.0. The minimum Gasteiger partial charge on any atom is -0.336 e. The number of thiophene rings is 1. The minimum atomic E-state index is -0.0491. The molecular formula is C25H34N2OS. The number of hydrogen-bond acceptors (Lipinski definition) is 3. The third-order valence-electron chi connectivity index (χ3n) is 7.31. The third-order valence-corrected chi connectivity index (χ3v) is 8.00. The Hall–Kier alpha value is -1.65. The molecule has 29 heavy (non-hydrogen) atoms. The molecule has 0 bridgehead atoms. The van der Waals surface area contributed by atoms with Crippen molar-refractivity contribution in [3.8, 4) is 0 Å². The van der Waals surface area contributed by atoms with Gasteiger partial charge in [0, 0.05) is 30.4 Å². The first-order valence-corrected chi connectivity index (χ1v) is 12.0. The van der Waals surface area contributed by atoms with Crippen LogP contribution in [0.2, 0.25) is 0 Å². The van der Waals surface area contributed by atoms with Gasteiger partial charge in [-0.2, -0.15) is 11.3 Å². The molecule has 1 aliphatic carbocycles. The van der Waals surface area contributed by atoms with Crippen molar-refractivity contribution in [2.24, 2.45) is 5.92 Å². The third kappa shape index (κ3) is 3.89. The fourth-order valence-electron chi connectivity index (χ4n) is 5.50. The van der Waals surface area contributed by atoms with E-state index in [1.807, 2.05) is 23.9 Å². The largest absolute Gasteiger partial charge is 0.336 e. The molecule has 0 unspecified atom stereocenters. The van der Waals surface area contributed by atoms with Gasteiger partial charge in [-0.05, 0) is 67.6 Å². The molecule has 4 heteroatoms. The second kappa shape index (κ2) is 8.23. The summed E-state index contributed by atoms with van der Waals surface area (Å²) in [5, 5.41) is 3.97. The maximum Gasteiger partial charge on any atom is 0.254 e. The zero-order chi connectivity index (χ0) is 20.6. The second-order valence-corrected chi connectivity index (χ2v) is 10.0. The maximum absolute atomic E-state index is 13.4. The Bertz CT molecular complexity index is 844. The number of amides is 1. The van der Waals surface area contributed by atoms with E-state index in [-0.39, 0.29) is 17.4 Å². The van der Waals surface area contributed by atoms with Crippen LogP contribution in [0, 0.1) is 5.92 Å². The van der Waals surface area contributed by atoms with Crippen LogP contribution < -0.4 is 0 Å². The highest BCUT2D eigenvalue weighted by molar-refractivity contribution is 7.08. The molecule has 1 amide bonds. The lowest BCUT2D eigenvalue weighted by Crippen LogP contribution is -2.64. The van der Waals surface area contributed by atoms with Crippen LogP contribution >= 0.6 is 11.3 Å². The lowest BCUT2D eigenvalue weighted by Gasteiger charge is -2.54. The highest BCUT2D eigenvalue weighted by atomic mass is 32.1. The van der Waals surface area contributed by atoms with Crippen molar-refractivity contribution in [1.82, 2.24) is 9.80 Å². The van der Waals surface area contributed by atoms with Gasteiger partial charge < -0.3 is 4.90 Å². The molecule has 0 radical (unpaired) electrons. The number of aryl methyl sites for hydroxylation is 1. The Morgan fingerprint density at radius 2 is 2.03 bits per heavy atom. The molecule has 1 saturated carbocycles. The van der Waals surface area contributed by atoms with E-state index in [1.54, 1.807) is 11.3 Å². The van der Waals surface area contributed by atoms with E-state index in [9.17, 15) is 4.79 Å². The molecule has 3 nitrogen and oxygen atoms in total. The Labute approximate surface area is 179 Å². The number of nitrogens with zero attached hydrogens (tertiary/aromatic N) is 2. The topological polar surface area (TPSA) is 23.6 Å². The number of carbonyl (C=O) groups is 1. The van der Waals surface area contributed by atoms with Gasteiger partial charge in [0.15, 0.2) is 0 Å². The van der Waals surface area contributed by atoms with Crippen molar-refractivity contribution < 1.29 is 4.79 Å². The molecular weight excluding hydrogens is 376 g/mol. The van der Waals surface area contributed by atoms with Gasteiger partial charge in [0.05, 0.1) is 11.6 Å². The van der Waals surface area contributed by atoms with Crippen molar-refractivity contribution in [1.29, 1.82) is 0 Å². The SMILES string of the molecule is CCc1ccccc1[C@@]1(C)CCN(CC2CC2)[C@H](C)[C@H]1N(C)C(=O)c1ccsc1. The summed E-state index contributed by atoms with van der Waals surface area (Å²) in [7, 11) is 2.02. The molecule has 2 fully saturated rings. The molecule has 4 rings (SSSR count). The van der Waals surface area contributed by atoms with Crippen molar-refractivity contribution in [2.45, 2.75) is 64.0 Å². The summed E-state index contributed by atoms with van der Waals surface area (Å²) >= 11 is 1.59. The van der Waals surface area contributed by atoms with E-state index in [2.05, 4.69) is 54.8 Å². The molecule has 1 aliphatic heterocycles. The molecule has 2 aliphatic rings. The van der Waals surface area contributed by atoms with Crippen LogP contribution in [-0.2, 0) is 11.8 Å². The van der Waals surface area contributed by atoms with Crippen LogP contribution in [-0.4, -0.2) is 47.9 Å². The Morgan fingerprint density at radius 3 is 2.69 bits per heavy atom. The molecule has 1 saturated heterocycles. The van der Waals surface area contributed by atoms with Crippen molar-refractivity contribution in [3.63, 3.8) is 0 Å². The van der Waals surface area contributed by atoms with Gasteiger partial charge in [0.1, 0.15) is 0 Å². The maximum atomic E-state index is 13.4. The van der Waals surface area contributed by atoms with Crippen LogP contribution in [0.3, 0.4) is 0 Å². The van der Waals surface area contributed by atoms with Gasteiger partial charge in [-0.1, -0.05) is 38.1 Å². The first-order valence-electron chi connectivity index (χ1n) is 11.1. The molecule has 156 valence electrons. The Morgan fingerprint density at radius 1 is 1.28 bits per heavy atom. The average Bonchev–Trinajstić information content (AvgIpc) is 3.38. The second-order valence-electron chi connectivity index (χ2n) is 9.23. The first kappa shape index (κ1) is 20.6. The summed E-state index contributed by atoms with van der Waals surface area (Å²) in [5.41, 5.74) is 3.61. The van der Waals surface area contributed by atoms with E-state index in [4.69, 9.17) is 0 Å². The average molecular weight is 411 g/mol. The minimum absolute atomic E-state index is 0.0491. The predicted octanol–water partition coefficient (Wildman–Crippen LogP) is 5.21. The molecule has 2 aromatic rings. The number of rotatable bonds is 6. The molecule has 0 spiro atoms. The normalized spacial score (nSPS) is 27.7. The fourth-order valence-corrected chi connectivity index (χ4v) is 6.13. The molecule has 1 aromatic carbocycles. The predicted molar refractivity (Wildman–Crippen MR) is 122 cm³/mol. The van der Waals surface area contributed by atoms with Crippen LogP contribution in [0.15, 0.2) is 41.1 Å². The number of likely N-dealkylation sites (N-methyl/N-ethyl adjacent to an activating group) is 1. The van der Waals surface area contributed by atoms with E-state index in [1.165, 1.54) is 30.5 Å². The molecule has 3 atom stereocenters. The van der Waals surface area contributed by atoms with Crippen molar-refractivity contribution >= 4 is 17.2 Å². The number of carbonyl (C=O) groups excluding carboxylic acids is 1. The van der Waals surface area contributed by atoms with Gasteiger partial charge in [-0.3, -0.25) is 9.69 Å². The van der Waals surface area contributed by atoms with Gasteiger partial charge in [-0.25, -0.2) is 0 Å². The summed E-state index contributed by atoms with van der Waals surface area (Å²) < 4.78 is 0. The van der Waals surface area contributed by atoms with Crippen LogP contribution in [0.25, 0.3) is 0 Å². The quantitative estimate of drug-likeness (QED) is 0.652. The number of likely N-dealkylation sites (tertiary alicyclic amines) is 1. The Kier molecular flexibility index (Phi) is 5.85. The van der Waals surface area contributed by atoms with E-state index >= 15 is 0 Å². The van der Waals surface area contributed by atoms with Gasteiger partial charge in [0.25, 0.3) is 5.91 Å². The molecule has 0 N–H and O–H groups in total. The lowest BCUT2D eigenvalue weighted by molar-refractivity contribution is 0.00676. The highest BCUT2D eigenvalue weighted by Crippen LogP contribution is 2.43. The summed E-state index contributed by atoms with van der Waals surface area (Å²) in [6, 6.07) is 11.3. The summed E-state index contributed by atoms with van der Waals surface area (Å²) in [5.74, 6) is 1.01. The lowest BCUT2D eigenvalue weighted by atomic mass is 9.66. The fraction of sp³-hybridized carbons (Fsp3) is 0.560. The van der Waals surface area contributed by atoms with Gasteiger partial charge in [-0.15, -0.1) is 0 Å². The summed E-state index contributed by atoms with van der Waals surface area (Å²) in [4.78, 5) is 18.1. The molecule has 2 heterocycles. The highest BCUT2D eigenvalue weighted by Gasteiger charge is 2.49. The van der Waals surface area contributed by atoms with Gasteiger partial charge in [0.2, 0.25) is 0 Å². The Balaban J connectivity index is 1.73. The zero-order valence-corrected chi connectivity index (χ0v) is 19.0. The number of benzene rings is 1. The summed E-state index contributed by atoms with van der Waals surface area (Å²) in [6.45, 7) is 9.28. The number of hydrogen-bond donors (Lipinski definition) is 0. The molecule has 1 aromatic heterocycles. The van der Waals surface area contributed by atoms with Crippen molar-refractivity contribution in [3.05, 3.63) is 57.8 Å². The van der Waals surface area contributed by atoms with E-state index in [0.29, 0.717) is 6.04 Å². The summed E-state index contributed by atoms with van der Waals surface area (Å²) in [6.07, 6.45) is 4.86. The zero-order valence-electron chi connectivity index (χ0n) is 18.2. The standard InChI is InChI=1S/C25H34N2OS/c1-5-20-8-6-7-9-22(20)25(3)13-14-27(16-19-10-11-19)18(2)23(25)26(4)24(28)21-12-15-29-17-21/h6-9,12,15,17-19,23H,5,10-11,13-14,16H2,1-4H3/t18-,23-,25-/m1/s1. The van der Waals surface area contributed by atoms with E-state index < -0.39 is 0 Å². The van der Waals surface area contributed by atoms with Crippen molar-refractivity contribution in [2.75, 3.05) is 20.1 Å². The van der Waals surface area contributed by atoms with E-state index in [0.717, 1.165) is 30.9 Å². The van der Waals surface area contributed by atoms with Crippen LogP contribution in [0.1, 0.15) is 61.5 Å². The number of piperidine rings is 1.